The molecule has 0 aliphatic rings. The molecule has 0 radical (unpaired) electrons. The summed E-state index contributed by atoms with van der Waals surface area (Å²) in [6, 6.07) is 14.3. The molecule has 5 aromatic rings. The second kappa shape index (κ2) is 9.18. The molecule has 3 aromatic heterocycles. The fraction of sp³-hybridized carbons (Fsp3) is 0.214. The first-order valence-corrected chi connectivity index (χ1v) is 11.6. The van der Waals surface area contributed by atoms with E-state index in [1.54, 1.807) is 12.4 Å². The van der Waals surface area contributed by atoms with Crippen molar-refractivity contribution in [3.05, 3.63) is 88.9 Å². The number of anilines is 2. The van der Waals surface area contributed by atoms with Crippen LogP contribution in [0.5, 0.6) is 5.75 Å². The normalized spacial score (nSPS) is 12.1. The van der Waals surface area contributed by atoms with Gasteiger partial charge in [0, 0.05) is 35.8 Å². The standard InChI is InChI=1S/C28H28N6O/c1-16-9-21-11-20(5-6-26(21)31-13-16)19(4)35-22-12-27(34-33-14-22)32-15-25-17(2)10-24-23(18(25)3)7-8-30-28(24)29/h5-14,19H,15H2,1-4H3,(H2,29,30)(H,32,34). The average molecular weight is 465 g/mol. The van der Waals surface area contributed by atoms with Crippen molar-refractivity contribution in [1.29, 1.82) is 0 Å². The number of benzene rings is 2. The highest BCUT2D eigenvalue weighted by Gasteiger charge is 2.12. The summed E-state index contributed by atoms with van der Waals surface area (Å²) in [6.45, 7) is 8.88. The molecule has 1 unspecified atom stereocenters. The number of nitrogen functional groups attached to an aromatic ring is 1. The Balaban J connectivity index is 1.33. The predicted octanol–water partition coefficient (Wildman–Crippen LogP) is 5.83. The number of aryl methyl sites for hydroxylation is 3. The first-order valence-electron chi connectivity index (χ1n) is 11.6. The minimum Gasteiger partial charge on any atom is -0.484 e. The van der Waals surface area contributed by atoms with Crippen LogP contribution in [0.25, 0.3) is 21.7 Å². The molecule has 3 heterocycles. The molecular formula is C28H28N6O. The van der Waals surface area contributed by atoms with E-state index in [9.17, 15) is 0 Å². The molecule has 0 fully saturated rings. The van der Waals surface area contributed by atoms with E-state index in [4.69, 9.17) is 10.5 Å². The Kier molecular flexibility index (Phi) is 5.91. The van der Waals surface area contributed by atoms with Crippen molar-refractivity contribution in [2.45, 2.75) is 40.3 Å². The number of aromatic nitrogens is 4. The summed E-state index contributed by atoms with van der Waals surface area (Å²) in [4.78, 5) is 8.69. The number of pyridine rings is 2. The minimum atomic E-state index is -0.152. The molecule has 0 saturated heterocycles. The summed E-state index contributed by atoms with van der Waals surface area (Å²) in [6.07, 6.45) is 5.11. The van der Waals surface area contributed by atoms with Gasteiger partial charge < -0.3 is 15.8 Å². The zero-order valence-electron chi connectivity index (χ0n) is 20.3. The molecule has 0 saturated carbocycles. The number of fused-ring (bicyclic) bond motifs is 2. The van der Waals surface area contributed by atoms with Crippen LogP contribution < -0.4 is 15.8 Å². The van der Waals surface area contributed by atoms with Crippen LogP contribution in [0, 0.1) is 20.8 Å². The molecule has 0 amide bonds. The maximum atomic E-state index is 6.21. The minimum absolute atomic E-state index is 0.152. The first kappa shape index (κ1) is 22.5. The van der Waals surface area contributed by atoms with Crippen LogP contribution in [-0.4, -0.2) is 20.2 Å². The summed E-state index contributed by atoms with van der Waals surface area (Å²) in [7, 11) is 0. The zero-order valence-corrected chi connectivity index (χ0v) is 20.3. The van der Waals surface area contributed by atoms with Gasteiger partial charge in [0.2, 0.25) is 0 Å². The fourth-order valence-electron chi connectivity index (χ4n) is 4.47. The summed E-state index contributed by atoms with van der Waals surface area (Å²) < 4.78 is 6.21. The molecular weight excluding hydrogens is 436 g/mol. The monoisotopic (exact) mass is 464 g/mol. The molecule has 3 N–H and O–H groups in total. The number of nitrogens with two attached hydrogens (primary N) is 1. The third kappa shape index (κ3) is 4.57. The summed E-state index contributed by atoms with van der Waals surface area (Å²) >= 11 is 0. The van der Waals surface area contributed by atoms with E-state index in [1.165, 1.54) is 11.1 Å². The van der Waals surface area contributed by atoms with Crippen molar-refractivity contribution in [3.8, 4) is 5.75 Å². The maximum absolute atomic E-state index is 6.21. The Morgan fingerprint density at radius 1 is 0.971 bits per heavy atom. The van der Waals surface area contributed by atoms with Crippen LogP contribution >= 0.6 is 0 Å². The van der Waals surface area contributed by atoms with Crippen molar-refractivity contribution in [1.82, 2.24) is 20.2 Å². The lowest BCUT2D eigenvalue weighted by molar-refractivity contribution is 0.226. The molecule has 5 rings (SSSR count). The van der Waals surface area contributed by atoms with Crippen LogP contribution in [0.4, 0.5) is 11.6 Å². The van der Waals surface area contributed by atoms with E-state index in [0.717, 1.165) is 38.4 Å². The molecule has 176 valence electrons. The largest absolute Gasteiger partial charge is 0.484 e. The van der Waals surface area contributed by atoms with Gasteiger partial charge in [-0.3, -0.25) is 4.98 Å². The van der Waals surface area contributed by atoms with Crippen molar-refractivity contribution in [3.63, 3.8) is 0 Å². The number of rotatable bonds is 6. The predicted molar refractivity (Wildman–Crippen MR) is 141 cm³/mol. The third-order valence-electron chi connectivity index (χ3n) is 6.41. The first-order chi connectivity index (χ1) is 16.9. The van der Waals surface area contributed by atoms with Gasteiger partial charge in [-0.25, -0.2) is 4.98 Å². The SMILES string of the molecule is Cc1cnc2ccc(C(C)Oc3cnnc(NCc4c(C)cc5c(N)nccc5c4C)c3)cc2c1. The Morgan fingerprint density at radius 2 is 1.83 bits per heavy atom. The molecule has 0 bridgehead atoms. The Labute approximate surface area is 204 Å². The average Bonchev–Trinajstić information content (AvgIpc) is 2.84. The van der Waals surface area contributed by atoms with Crippen LogP contribution in [0.2, 0.25) is 0 Å². The smallest absolute Gasteiger partial charge is 0.152 e. The highest BCUT2D eigenvalue weighted by atomic mass is 16.5. The fourth-order valence-corrected chi connectivity index (χ4v) is 4.47. The molecule has 0 aliphatic heterocycles. The van der Waals surface area contributed by atoms with Gasteiger partial charge in [0.1, 0.15) is 17.7 Å². The van der Waals surface area contributed by atoms with E-state index >= 15 is 0 Å². The Bertz CT molecular complexity index is 1550. The lowest BCUT2D eigenvalue weighted by atomic mass is 9.96. The van der Waals surface area contributed by atoms with Gasteiger partial charge in [-0.2, -0.15) is 5.10 Å². The lowest BCUT2D eigenvalue weighted by Crippen LogP contribution is -2.08. The summed E-state index contributed by atoms with van der Waals surface area (Å²) in [5.41, 5.74) is 12.8. The quantitative estimate of drug-likeness (QED) is 0.326. The van der Waals surface area contributed by atoms with Gasteiger partial charge in [-0.1, -0.05) is 6.07 Å². The third-order valence-corrected chi connectivity index (χ3v) is 6.41. The van der Waals surface area contributed by atoms with Crippen LogP contribution in [0.15, 0.2) is 61.1 Å². The van der Waals surface area contributed by atoms with Gasteiger partial charge in [0.15, 0.2) is 5.82 Å². The zero-order chi connectivity index (χ0) is 24.5. The van der Waals surface area contributed by atoms with E-state index in [1.807, 2.05) is 38.2 Å². The van der Waals surface area contributed by atoms with Crippen LogP contribution in [0.1, 0.15) is 40.8 Å². The van der Waals surface area contributed by atoms with E-state index in [-0.39, 0.29) is 6.10 Å². The number of ether oxygens (including phenoxy) is 1. The lowest BCUT2D eigenvalue weighted by Gasteiger charge is -2.17. The molecule has 35 heavy (non-hydrogen) atoms. The number of nitrogens with zero attached hydrogens (tertiary/aromatic N) is 4. The van der Waals surface area contributed by atoms with Crippen LogP contribution in [-0.2, 0) is 6.54 Å². The maximum Gasteiger partial charge on any atom is 0.152 e. The van der Waals surface area contributed by atoms with Crippen molar-refractivity contribution >= 4 is 33.3 Å². The highest BCUT2D eigenvalue weighted by molar-refractivity contribution is 5.94. The topological polar surface area (TPSA) is 98.8 Å². The van der Waals surface area contributed by atoms with E-state index in [0.29, 0.717) is 23.9 Å². The summed E-state index contributed by atoms with van der Waals surface area (Å²) in [5.74, 6) is 1.86. The van der Waals surface area contributed by atoms with Gasteiger partial charge >= 0.3 is 0 Å². The number of hydrogen-bond acceptors (Lipinski definition) is 7. The molecule has 7 nitrogen and oxygen atoms in total. The highest BCUT2D eigenvalue weighted by Crippen LogP contribution is 2.29. The van der Waals surface area contributed by atoms with Gasteiger partial charge in [0.05, 0.1) is 11.7 Å². The van der Waals surface area contributed by atoms with Gasteiger partial charge in [-0.15, -0.1) is 5.10 Å². The number of nitrogens with one attached hydrogen (secondary N) is 1. The van der Waals surface area contributed by atoms with Crippen molar-refractivity contribution in [2.75, 3.05) is 11.1 Å². The Morgan fingerprint density at radius 3 is 2.69 bits per heavy atom. The molecule has 2 aromatic carbocycles. The van der Waals surface area contributed by atoms with Crippen molar-refractivity contribution in [2.24, 2.45) is 0 Å². The second-order valence-corrected chi connectivity index (χ2v) is 8.94. The van der Waals surface area contributed by atoms with E-state index < -0.39 is 0 Å². The summed E-state index contributed by atoms with van der Waals surface area (Å²) in [5, 5.41) is 15.0. The molecule has 0 aliphatic carbocycles. The van der Waals surface area contributed by atoms with Gasteiger partial charge in [-0.05, 0) is 91.2 Å². The van der Waals surface area contributed by atoms with Gasteiger partial charge in [0.25, 0.3) is 0 Å². The number of hydrogen-bond donors (Lipinski definition) is 2. The van der Waals surface area contributed by atoms with Crippen molar-refractivity contribution < 1.29 is 4.74 Å². The molecule has 7 heteroatoms. The van der Waals surface area contributed by atoms with Crippen LogP contribution in [0.3, 0.4) is 0 Å². The second-order valence-electron chi connectivity index (χ2n) is 8.94. The Hall–Kier alpha value is -4.26. The molecule has 0 spiro atoms. The molecule has 1 atom stereocenters. The van der Waals surface area contributed by atoms with E-state index in [2.05, 4.69) is 63.6 Å².